The second-order valence-corrected chi connectivity index (χ2v) is 7.51. The zero-order chi connectivity index (χ0) is 16.4. The highest BCUT2D eigenvalue weighted by molar-refractivity contribution is 7.99. The molecule has 4 nitrogen and oxygen atoms in total. The van der Waals surface area contributed by atoms with Crippen LogP contribution in [-0.4, -0.2) is 38.3 Å². The minimum atomic E-state index is -0.527. The van der Waals surface area contributed by atoms with Crippen molar-refractivity contribution in [3.63, 3.8) is 0 Å². The van der Waals surface area contributed by atoms with Crippen LogP contribution in [0.25, 0.3) is 16.7 Å². The Kier molecular flexibility index (Phi) is 4.31. The van der Waals surface area contributed by atoms with Crippen LogP contribution in [-0.2, 0) is 6.54 Å². The Morgan fingerprint density at radius 2 is 2.00 bits per heavy atom. The quantitative estimate of drug-likeness (QED) is 0.750. The smallest absolute Gasteiger partial charge is 0.100 e. The fourth-order valence-electron chi connectivity index (χ4n) is 3.11. The zero-order valence-electron chi connectivity index (χ0n) is 13.5. The first-order valence-corrected chi connectivity index (χ1v) is 9.41. The van der Waals surface area contributed by atoms with Gasteiger partial charge in [0.2, 0.25) is 0 Å². The summed E-state index contributed by atoms with van der Waals surface area (Å²) in [5.41, 5.74) is 3.92. The van der Waals surface area contributed by atoms with E-state index >= 15 is 0 Å². The normalized spacial score (nSPS) is 20.7. The minimum absolute atomic E-state index is 0.527. The van der Waals surface area contributed by atoms with Crippen LogP contribution in [0.2, 0.25) is 0 Å². The second kappa shape index (κ2) is 6.59. The number of benzene rings is 2. The average Bonchev–Trinajstić information content (AvgIpc) is 3.22. The van der Waals surface area contributed by atoms with Crippen LogP contribution in [0.5, 0.6) is 0 Å². The third-order valence-corrected chi connectivity index (χ3v) is 5.77. The van der Waals surface area contributed by atoms with Crippen molar-refractivity contribution in [2.24, 2.45) is 0 Å². The molecule has 0 amide bonds. The Bertz CT molecular complexity index is 822. The number of rotatable bonds is 5. The lowest BCUT2D eigenvalue weighted by molar-refractivity contribution is 0.0675. The van der Waals surface area contributed by atoms with Gasteiger partial charge in [-0.2, -0.15) is 11.8 Å². The standard InChI is InChI=1S/C19H21N3OS/c23-19(9-10-24-13-19)12-20-11-15-5-7-16(8-6-15)22-14-21-17-3-1-2-4-18(17)22/h1-8,14,20,23H,9-13H2. The van der Waals surface area contributed by atoms with Crippen molar-refractivity contribution in [2.75, 3.05) is 18.1 Å². The van der Waals surface area contributed by atoms with Gasteiger partial charge in [0.05, 0.1) is 16.6 Å². The van der Waals surface area contributed by atoms with E-state index in [1.165, 1.54) is 5.56 Å². The number of imidazole rings is 1. The van der Waals surface area contributed by atoms with Crippen LogP contribution in [0.1, 0.15) is 12.0 Å². The predicted molar refractivity (Wildman–Crippen MR) is 99.7 cm³/mol. The zero-order valence-corrected chi connectivity index (χ0v) is 14.3. The average molecular weight is 339 g/mol. The molecule has 24 heavy (non-hydrogen) atoms. The number of fused-ring (bicyclic) bond motifs is 1. The number of nitrogens with zero attached hydrogens (tertiary/aromatic N) is 2. The molecule has 1 fully saturated rings. The van der Waals surface area contributed by atoms with E-state index in [0.29, 0.717) is 6.54 Å². The fourth-order valence-corrected chi connectivity index (χ4v) is 4.41. The molecule has 0 spiro atoms. The summed E-state index contributed by atoms with van der Waals surface area (Å²) in [5.74, 6) is 1.90. The first kappa shape index (κ1) is 15.7. The summed E-state index contributed by atoms with van der Waals surface area (Å²) in [6.07, 6.45) is 2.75. The van der Waals surface area contributed by atoms with E-state index in [0.717, 1.165) is 41.2 Å². The van der Waals surface area contributed by atoms with Gasteiger partial charge in [0.15, 0.2) is 0 Å². The Morgan fingerprint density at radius 3 is 2.79 bits per heavy atom. The molecule has 0 radical (unpaired) electrons. The van der Waals surface area contributed by atoms with Gasteiger partial charge < -0.3 is 10.4 Å². The molecule has 0 bridgehead atoms. The van der Waals surface area contributed by atoms with E-state index in [1.54, 1.807) is 0 Å². The van der Waals surface area contributed by atoms with E-state index in [2.05, 4.69) is 45.2 Å². The molecular formula is C19H21N3OS. The maximum atomic E-state index is 10.3. The summed E-state index contributed by atoms with van der Waals surface area (Å²) >= 11 is 1.83. The van der Waals surface area contributed by atoms with Gasteiger partial charge in [-0.25, -0.2) is 4.98 Å². The second-order valence-electron chi connectivity index (χ2n) is 6.40. The number of hydrogen-bond donors (Lipinski definition) is 2. The summed E-state index contributed by atoms with van der Waals surface area (Å²) in [7, 11) is 0. The lowest BCUT2D eigenvalue weighted by atomic mass is 10.0. The highest BCUT2D eigenvalue weighted by atomic mass is 32.2. The van der Waals surface area contributed by atoms with Crippen molar-refractivity contribution >= 4 is 22.8 Å². The van der Waals surface area contributed by atoms with Crippen LogP contribution in [0, 0.1) is 0 Å². The Labute approximate surface area is 145 Å². The van der Waals surface area contributed by atoms with Crippen molar-refractivity contribution in [1.82, 2.24) is 14.9 Å². The molecule has 1 saturated heterocycles. The SMILES string of the molecule is OC1(CNCc2ccc(-n3cnc4ccccc43)cc2)CCSC1. The number of para-hydroxylation sites is 2. The van der Waals surface area contributed by atoms with Crippen molar-refractivity contribution < 1.29 is 5.11 Å². The monoisotopic (exact) mass is 339 g/mol. The van der Waals surface area contributed by atoms with Crippen LogP contribution in [0.3, 0.4) is 0 Å². The lowest BCUT2D eigenvalue weighted by Gasteiger charge is -2.21. The summed E-state index contributed by atoms with van der Waals surface area (Å²) < 4.78 is 2.10. The van der Waals surface area contributed by atoms with Crippen LogP contribution in [0.4, 0.5) is 0 Å². The molecule has 3 aromatic rings. The molecule has 2 aromatic carbocycles. The molecule has 2 heterocycles. The minimum Gasteiger partial charge on any atom is -0.388 e. The van der Waals surface area contributed by atoms with Crippen molar-refractivity contribution in [1.29, 1.82) is 0 Å². The van der Waals surface area contributed by atoms with Crippen LogP contribution >= 0.6 is 11.8 Å². The summed E-state index contributed by atoms with van der Waals surface area (Å²) in [5, 5.41) is 13.7. The van der Waals surface area contributed by atoms with Gasteiger partial charge in [-0.3, -0.25) is 4.57 Å². The summed E-state index contributed by atoms with van der Waals surface area (Å²) in [4.78, 5) is 4.44. The Morgan fingerprint density at radius 1 is 1.17 bits per heavy atom. The number of thioether (sulfide) groups is 1. The van der Waals surface area contributed by atoms with E-state index in [4.69, 9.17) is 0 Å². The third kappa shape index (κ3) is 3.20. The molecule has 4 rings (SSSR count). The van der Waals surface area contributed by atoms with Crippen molar-refractivity contribution in [3.8, 4) is 5.69 Å². The van der Waals surface area contributed by atoms with Gasteiger partial charge in [-0.05, 0) is 42.0 Å². The summed E-state index contributed by atoms with van der Waals surface area (Å²) in [6, 6.07) is 16.6. The fraction of sp³-hybridized carbons (Fsp3) is 0.316. The van der Waals surface area contributed by atoms with Crippen molar-refractivity contribution in [3.05, 3.63) is 60.4 Å². The highest BCUT2D eigenvalue weighted by Gasteiger charge is 2.30. The topological polar surface area (TPSA) is 50.1 Å². The molecule has 2 N–H and O–H groups in total. The first-order valence-electron chi connectivity index (χ1n) is 8.26. The van der Waals surface area contributed by atoms with Gasteiger partial charge in [0, 0.05) is 24.5 Å². The largest absolute Gasteiger partial charge is 0.388 e. The first-order chi connectivity index (χ1) is 11.7. The number of aromatic nitrogens is 2. The number of nitrogens with one attached hydrogen (secondary N) is 1. The Hall–Kier alpha value is -1.82. The van der Waals surface area contributed by atoms with Gasteiger partial charge in [0.25, 0.3) is 0 Å². The molecule has 1 aliphatic heterocycles. The van der Waals surface area contributed by atoms with E-state index in [9.17, 15) is 5.11 Å². The maximum absolute atomic E-state index is 10.3. The summed E-state index contributed by atoms with van der Waals surface area (Å²) in [6.45, 7) is 1.44. The van der Waals surface area contributed by atoms with E-state index in [1.807, 2.05) is 36.3 Å². The third-order valence-electron chi connectivity index (χ3n) is 4.53. The molecule has 5 heteroatoms. The van der Waals surface area contributed by atoms with Gasteiger partial charge >= 0.3 is 0 Å². The van der Waals surface area contributed by atoms with Gasteiger partial charge in [0.1, 0.15) is 6.33 Å². The molecule has 1 atom stereocenters. The predicted octanol–water partition coefficient (Wildman–Crippen LogP) is 2.98. The van der Waals surface area contributed by atoms with Gasteiger partial charge in [-0.1, -0.05) is 24.3 Å². The molecular weight excluding hydrogens is 318 g/mol. The van der Waals surface area contributed by atoms with Crippen LogP contribution in [0.15, 0.2) is 54.9 Å². The number of aliphatic hydroxyl groups is 1. The number of hydrogen-bond acceptors (Lipinski definition) is 4. The molecule has 1 unspecified atom stereocenters. The van der Waals surface area contributed by atoms with E-state index < -0.39 is 5.60 Å². The van der Waals surface area contributed by atoms with Crippen LogP contribution < -0.4 is 5.32 Å². The molecule has 1 aliphatic rings. The highest BCUT2D eigenvalue weighted by Crippen LogP contribution is 2.27. The molecule has 124 valence electrons. The molecule has 0 saturated carbocycles. The van der Waals surface area contributed by atoms with Crippen molar-refractivity contribution in [2.45, 2.75) is 18.6 Å². The van der Waals surface area contributed by atoms with Gasteiger partial charge in [-0.15, -0.1) is 0 Å². The molecule has 1 aromatic heterocycles. The van der Waals surface area contributed by atoms with E-state index in [-0.39, 0.29) is 0 Å². The molecule has 0 aliphatic carbocycles. The lowest BCUT2D eigenvalue weighted by Crippen LogP contribution is -2.40. The maximum Gasteiger partial charge on any atom is 0.100 e. The Balaban J connectivity index is 1.43.